The summed E-state index contributed by atoms with van der Waals surface area (Å²) in [6, 6.07) is 9.51. The molecule has 2 aromatic rings. The molecular weight excluding hydrogens is 322 g/mol. The van der Waals surface area contributed by atoms with Crippen molar-refractivity contribution < 1.29 is 18.7 Å². The van der Waals surface area contributed by atoms with Crippen molar-refractivity contribution in [3.8, 4) is 5.75 Å². The smallest absolute Gasteiger partial charge is 0.291 e. The van der Waals surface area contributed by atoms with E-state index in [0.29, 0.717) is 32.8 Å². The molecule has 132 valence electrons. The molecule has 1 saturated heterocycles. The number of carbonyl (C=O) groups excluding carboxylic acids is 2. The zero-order valence-corrected chi connectivity index (χ0v) is 14.1. The predicted octanol–water partition coefficient (Wildman–Crippen LogP) is 1.67. The maximum atomic E-state index is 12.6. The van der Waals surface area contributed by atoms with Gasteiger partial charge in [0, 0.05) is 39.0 Å². The van der Waals surface area contributed by atoms with Gasteiger partial charge in [-0.2, -0.15) is 0 Å². The quantitative estimate of drug-likeness (QED) is 0.844. The molecule has 0 aliphatic carbocycles. The van der Waals surface area contributed by atoms with Gasteiger partial charge in [-0.15, -0.1) is 0 Å². The standard InChI is InChI=1S/C18H21N3O4/c1-14(22)20-7-8-21(18(23)17-9-19-13-25-17)11-15(10-20)12-24-16-5-3-2-4-6-16/h2-6,9,13,15H,7-8,10-12H2,1H3. The second kappa shape index (κ2) is 7.83. The van der Waals surface area contributed by atoms with Gasteiger partial charge in [-0.05, 0) is 12.1 Å². The minimum absolute atomic E-state index is 0.00123. The Kier molecular flexibility index (Phi) is 5.33. The number of ether oxygens (including phenoxy) is 1. The summed E-state index contributed by atoms with van der Waals surface area (Å²) in [5, 5.41) is 0. The number of hydrogen-bond acceptors (Lipinski definition) is 5. The van der Waals surface area contributed by atoms with E-state index >= 15 is 0 Å². The highest BCUT2D eigenvalue weighted by molar-refractivity contribution is 5.91. The monoisotopic (exact) mass is 343 g/mol. The summed E-state index contributed by atoms with van der Waals surface area (Å²) in [6.45, 7) is 3.98. The molecule has 1 aliphatic rings. The number of amides is 2. The van der Waals surface area contributed by atoms with Crippen LogP contribution in [0.1, 0.15) is 17.5 Å². The second-order valence-corrected chi connectivity index (χ2v) is 6.07. The topological polar surface area (TPSA) is 75.9 Å². The zero-order valence-electron chi connectivity index (χ0n) is 14.1. The van der Waals surface area contributed by atoms with E-state index in [2.05, 4.69) is 4.98 Å². The molecule has 1 aliphatic heterocycles. The SMILES string of the molecule is CC(=O)N1CCN(C(=O)c2cnco2)CC(COc2ccccc2)C1. The van der Waals surface area contributed by atoms with Crippen LogP contribution in [-0.2, 0) is 4.79 Å². The Labute approximate surface area is 146 Å². The molecule has 25 heavy (non-hydrogen) atoms. The van der Waals surface area contributed by atoms with Crippen molar-refractivity contribution >= 4 is 11.8 Å². The van der Waals surface area contributed by atoms with Gasteiger partial charge in [-0.25, -0.2) is 4.98 Å². The van der Waals surface area contributed by atoms with E-state index in [1.165, 1.54) is 12.6 Å². The first-order chi connectivity index (χ1) is 12.1. The number of benzene rings is 1. The molecule has 3 rings (SSSR count). The number of aromatic nitrogens is 1. The van der Waals surface area contributed by atoms with Crippen LogP contribution in [0.25, 0.3) is 0 Å². The molecule has 1 aromatic carbocycles. The van der Waals surface area contributed by atoms with Crippen LogP contribution in [0.3, 0.4) is 0 Å². The summed E-state index contributed by atoms with van der Waals surface area (Å²) >= 11 is 0. The zero-order chi connectivity index (χ0) is 17.6. The first-order valence-corrected chi connectivity index (χ1v) is 8.24. The highest BCUT2D eigenvalue weighted by Gasteiger charge is 2.29. The van der Waals surface area contributed by atoms with Crippen LogP contribution in [0.5, 0.6) is 5.75 Å². The van der Waals surface area contributed by atoms with E-state index in [1.807, 2.05) is 30.3 Å². The highest BCUT2D eigenvalue weighted by atomic mass is 16.5. The second-order valence-electron chi connectivity index (χ2n) is 6.07. The Bertz CT molecular complexity index is 702. The van der Waals surface area contributed by atoms with Crippen molar-refractivity contribution in [2.24, 2.45) is 5.92 Å². The number of oxazole rings is 1. The Morgan fingerprint density at radius 2 is 1.92 bits per heavy atom. The van der Waals surface area contributed by atoms with Gasteiger partial charge in [0.1, 0.15) is 5.75 Å². The molecule has 0 N–H and O–H groups in total. The molecule has 0 bridgehead atoms. The Morgan fingerprint density at radius 1 is 1.20 bits per heavy atom. The minimum Gasteiger partial charge on any atom is -0.493 e. The van der Waals surface area contributed by atoms with Gasteiger partial charge in [0.25, 0.3) is 5.91 Å². The maximum absolute atomic E-state index is 12.6. The van der Waals surface area contributed by atoms with Gasteiger partial charge in [-0.1, -0.05) is 18.2 Å². The largest absolute Gasteiger partial charge is 0.493 e. The van der Waals surface area contributed by atoms with E-state index in [-0.39, 0.29) is 23.5 Å². The van der Waals surface area contributed by atoms with Crippen LogP contribution in [0.15, 0.2) is 47.3 Å². The van der Waals surface area contributed by atoms with Crippen LogP contribution in [-0.4, -0.2) is 59.4 Å². The molecule has 7 heteroatoms. The van der Waals surface area contributed by atoms with Gasteiger partial charge in [0.2, 0.25) is 11.7 Å². The normalized spacial score (nSPS) is 17.9. The Morgan fingerprint density at radius 3 is 2.60 bits per heavy atom. The fourth-order valence-electron chi connectivity index (χ4n) is 2.89. The summed E-state index contributed by atoms with van der Waals surface area (Å²) in [4.78, 5) is 31.6. The third-order valence-electron chi connectivity index (χ3n) is 4.20. The van der Waals surface area contributed by atoms with E-state index in [4.69, 9.17) is 9.15 Å². The van der Waals surface area contributed by atoms with Gasteiger partial charge in [0.15, 0.2) is 6.39 Å². The van der Waals surface area contributed by atoms with Crippen LogP contribution in [0.4, 0.5) is 0 Å². The van der Waals surface area contributed by atoms with Crippen LogP contribution in [0, 0.1) is 5.92 Å². The van der Waals surface area contributed by atoms with E-state index < -0.39 is 0 Å². The lowest BCUT2D eigenvalue weighted by Crippen LogP contribution is -2.37. The third kappa shape index (κ3) is 4.37. The molecule has 1 atom stereocenters. The molecule has 1 fully saturated rings. The highest BCUT2D eigenvalue weighted by Crippen LogP contribution is 2.16. The predicted molar refractivity (Wildman–Crippen MR) is 90.1 cm³/mol. The summed E-state index contributed by atoms with van der Waals surface area (Å²) in [7, 11) is 0. The van der Waals surface area contributed by atoms with Gasteiger partial charge < -0.3 is 19.0 Å². The number of carbonyl (C=O) groups is 2. The Hall–Kier alpha value is -2.83. The molecule has 0 spiro atoms. The van der Waals surface area contributed by atoms with Crippen molar-refractivity contribution in [1.29, 1.82) is 0 Å². The fourth-order valence-corrected chi connectivity index (χ4v) is 2.89. The van der Waals surface area contributed by atoms with E-state index in [9.17, 15) is 9.59 Å². The average Bonchev–Trinajstić information content (AvgIpc) is 3.07. The molecule has 0 saturated carbocycles. The number of hydrogen-bond donors (Lipinski definition) is 0. The van der Waals surface area contributed by atoms with Gasteiger partial charge in [-0.3, -0.25) is 9.59 Å². The molecule has 2 amide bonds. The molecule has 1 aromatic heterocycles. The number of rotatable bonds is 4. The van der Waals surface area contributed by atoms with Crippen molar-refractivity contribution in [2.75, 3.05) is 32.8 Å². The summed E-state index contributed by atoms with van der Waals surface area (Å²) < 4.78 is 11.0. The summed E-state index contributed by atoms with van der Waals surface area (Å²) in [5.41, 5.74) is 0. The molecule has 0 radical (unpaired) electrons. The van der Waals surface area contributed by atoms with Crippen LogP contribution < -0.4 is 4.74 Å². The van der Waals surface area contributed by atoms with E-state index in [0.717, 1.165) is 5.75 Å². The fraction of sp³-hybridized carbons (Fsp3) is 0.389. The number of nitrogens with zero attached hydrogens (tertiary/aromatic N) is 3. The first kappa shape index (κ1) is 17.0. The molecular formula is C18H21N3O4. The summed E-state index contributed by atoms with van der Waals surface area (Å²) in [6.07, 6.45) is 2.65. The van der Waals surface area contributed by atoms with Crippen LogP contribution >= 0.6 is 0 Å². The average molecular weight is 343 g/mol. The lowest BCUT2D eigenvalue weighted by molar-refractivity contribution is -0.129. The van der Waals surface area contributed by atoms with Crippen molar-refractivity contribution in [2.45, 2.75) is 6.92 Å². The molecule has 1 unspecified atom stereocenters. The lowest BCUT2D eigenvalue weighted by Gasteiger charge is -2.23. The molecule has 7 nitrogen and oxygen atoms in total. The minimum atomic E-state index is -0.215. The maximum Gasteiger partial charge on any atom is 0.291 e. The lowest BCUT2D eigenvalue weighted by atomic mass is 10.1. The van der Waals surface area contributed by atoms with Gasteiger partial charge in [0.05, 0.1) is 12.8 Å². The third-order valence-corrected chi connectivity index (χ3v) is 4.20. The van der Waals surface area contributed by atoms with Crippen molar-refractivity contribution in [3.05, 3.63) is 48.7 Å². The first-order valence-electron chi connectivity index (χ1n) is 8.24. The van der Waals surface area contributed by atoms with Crippen molar-refractivity contribution in [1.82, 2.24) is 14.8 Å². The van der Waals surface area contributed by atoms with E-state index in [1.54, 1.807) is 16.7 Å². The Balaban J connectivity index is 1.69. The molecule has 2 heterocycles. The van der Waals surface area contributed by atoms with Crippen molar-refractivity contribution in [3.63, 3.8) is 0 Å². The van der Waals surface area contributed by atoms with Gasteiger partial charge >= 0.3 is 0 Å². The van der Waals surface area contributed by atoms with Crippen LogP contribution in [0.2, 0.25) is 0 Å². The summed E-state index contributed by atoms with van der Waals surface area (Å²) in [5.74, 6) is 0.776. The number of para-hydroxylation sites is 1.